The molecule has 0 saturated heterocycles. The van der Waals surface area contributed by atoms with E-state index in [1.807, 2.05) is 0 Å². The van der Waals surface area contributed by atoms with Crippen LogP contribution in [-0.2, 0) is 10.0 Å². The fraction of sp³-hybridized carbons (Fsp3) is 0. The molecule has 2 aromatic carbocycles. The highest BCUT2D eigenvalue weighted by Crippen LogP contribution is 2.11. The van der Waals surface area contributed by atoms with Crippen molar-refractivity contribution in [3.05, 3.63) is 66.0 Å². The van der Waals surface area contributed by atoms with Crippen LogP contribution in [0.3, 0.4) is 0 Å². The Balaban J connectivity index is 2.32. The Bertz CT molecular complexity index is 666. The van der Waals surface area contributed by atoms with Crippen LogP contribution in [0.1, 0.15) is 5.56 Å². The average Bonchev–Trinajstić information content (AvgIpc) is 2.39. The van der Waals surface area contributed by atoms with Gasteiger partial charge in [-0.15, -0.1) is 0 Å². The first-order valence-corrected chi connectivity index (χ1v) is 6.63. The molecule has 18 heavy (non-hydrogen) atoms. The zero-order valence-electron chi connectivity index (χ0n) is 9.32. The molecule has 0 aromatic heterocycles. The highest BCUT2D eigenvalue weighted by molar-refractivity contribution is 7.90. The van der Waals surface area contributed by atoms with Crippen LogP contribution in [0.25, 0.3) is 0 Å². The van der Waals surface area contributed by atoms with E-state index in [4.69, 9.17) is 0 Å². The van der Waals surface area contributed by atoms with E-state index in [0.717, 1.165) is 6.21 Å². The minimum Gasteiger partial charge on any atom is -0.206 e. The first kappa shape index (κ1) is 12.4. The number of sulfonamides is 1. The van der Waals surface area contributed by atoms with E-state index in [0.29, 0.717) is 0 Å². The van der Waals surface area contributed by atoms with Crippen molar-refractivity contribution in [3.63, 3.8) is 0 Å². The number of benzene rings is 2. The van der Waals surface area contributed by atoms with Crippen molar-refractivity contribution in [2.75, 3.05) is 0 Å². The average molecular weight is 263 g/mol. The Morgan fingerprint density at radius 2 is 1.56 bits per heavy atom. The summed E-state index contributed by atoms with van der Waals surface area (Å²) in [6.45, 7) is 0. The number of hydrogen-bond donors (Lipinski definition) is 0. The fourth-order valence-electron chi connectivity index (χ4n) is 1.36. The van der Waals surface area contributed by atoms with Crippen LogP contribution in [0.4, 0.5) is 4.39 Å². The van der Waals surface area contributed by atoms with E-state index in [9.17, 15) is 12.8 Å². The summed E-state index contributed by atoms with van der Waals surface area (Å²) in [5.41, 5.74) is 0.136. The first-order valence-electron chi connectivity index (χ1n) is 5.19. The van der Waals surface area contributed by atoms with E-state index in [2.05, 4.69) is 4.40 Å². The van der Waals surface area contributed by atoms with Gasteiger partial charge in [-0.3, -0.25) is 0 Å². The molecular formula is C13H10FNO2S. The quantitative estimate of drug-likeness (QED) is 0.799. The molecule has 0 N–H and O–H groups in total. The summed E-state index contributed by atoms with van der Waals surface area (Å²) in [5, 5.41) is 0. The SMILES string of the molecule is O=S(=O)(/N=C\c1ccccc1F)c1ccccc1. The summed E-state index contributed by atoms with van der Waals surface area (Å²) in [7, 11) is -3.77. The smallest absolute Gasteiger partial charge is 0.206 e. The molecule has 3 nitrogen and oxygen atoms in total. The van der Waals surface area contributed by atoms with Crippen molar-refractivity contribution >= 4 is 16.2 Å². The number of halogens is 1. The van der Waals surface area contributed by atoms with Crippen LogP contribution < -0.4 is 0 Å². The molecule has 0 spiro atoms. The lowest BCUT2D eigenvalue weighted by atomic mass is 10.2. The summed E-state index contributed by atoms with van der Waals surface area (Å²) < 4.78 is 40.3. The van der Waals surface area contributed by atoms with Crippen molar-refractivity contribution < 1.29 is 12.8 Å². The lowest BCUT2D eigenvalue weighted by Crippen LogP contribution is -1.98. The molecule has 0 aliphatic carbocycles. The summed E-state index contributed by atoms with van der Waals surface area (Å²) in [5.74, 6) is -0.510. The van der Waals surface area contributed by atoms with Gasteiger partial charge in [0.1, 0.15) is 5.82 Å². The Hall–Kier alpha value is -2.01. The van der Waals surface area contributed by atoms with Crippen LogP contribution in [-0.4, -0.2) is 14.6 Å². The molecule has 0 unspecified atom stereocenters. The van der Waals surface area contributed by atoms with Crippen molar-refractivity contribution in [3.8, 4) is 0 Å². The van der Waals surface area contributed by atoms with Crippen LogP contribution in [0.5, 0.6) is 0 Å². The summed E-state index contributed by atoms with van der Waals surface area (Å²) >= 11 is 0. The largest absolute Gasteiger partial charge is 0.282 e. The van der Waals surface area contributed by atoms with Crippen molar-refractivity contribution in [1.29, 1.82) is 0 Å². The van der Waals surface area contributed by atoms with Gasteiger partial charge in [0, 0.05) is 5.56 Å². The molecular weight excluding hydrogens is 253 g/mol. The predicted molar refractivity (Wildman–Crippen MR) is 67.6 cm³/mol. The second-order valence-corrected chi connectivity index (χ2v) is 5.18. The molecule has 5 heteroatoms. The molecule has 0 aliphatic heterocycles. The second-order valence-electron chi connectivity index (χ2n) is 3.54. The van der Waals surface area contributed by atoms with Gasteiger partial charge in [0.05, 0.1) is 11.1 Å². The third kappa shape index (κ3) is 2.81. The maximum absolute atomic E-state index is 13.3. The molecule has 0 bridgehead atoms. The lowest BCUT2D eigenvalue weighted by Gasteiger charge is -1.98. The maximum atomic E-state index is 13.3. The van der Waals surface area contributed by atoms with E-state index in [1.165, 1.54) is 30.3 Å². The van der Waals surface area contributed by atoms with E-state index in [-0.39, 0.29) is 10.5 Å². The molecule has 0 heterocycles. The van der Waals surface area contributed by atoms with Crippen LogP contribution >= 0.6 is 0 Å². The van der Waals surface area contributed by atoms with Gasteiger partial charge in [-0.05, 0) is 18.2 Å². The van der Waals surface area contributed by atoms with Gasteiger partial charge in [-0.1, -0.05) is 36.4 Å². The summed E-state index contributed by atoms with van der Waals surface area (Å²) in [6.07, 6.45) is 1.01. The monoisotopic (exact) mass is 263 g/mol. The standard InChI is InChI=1S/C13H10FNO2S/c14-13-9-5-4-6-11(13)10-15-18(16,17)12-7-2-1-3-8-12/h1-10H/b15-10-. The van der Waals surface area contributed by atoms with Gasteiger partial charge in [0.25, 0.3) is 10.0 Å². The second kappa shape index (κ2) is 5.10. The van der Waals surface area contributed by atoms with E-state index in [1.54, 1.807) is 24.3 Å². The third-order valence-electron chi connectivity index (χ3n) is 2.28. The molecule has 0 amide bonds. The topological polar surface area (TPSA) is 46.5 Å². The third-order valence-corrected chi connectivity index (χ3v) is 3.53. The molecule has 0 radical (unpaired) electrons. The minimum absolute atomic E-state index is 0.0811. The van der Waals surface area contributed by atoms with Gasteiger partial charge < -0.3 is 0 Å². The first-order chi connectivity index (χ1) is 8.59. The highest BCUT2D eigenvalue weighted by atomic mass is 32.2. The van der Waals surface area contributed by atoms with Gasteiger partial charge in [-0.25, -0.2) is 4.39 Å². The maximum Gasteiger partial charge on any atom is 0.282 e. The fourth-order valence-corrected chi connectivity index (χ4v) is 2.23. The summed E-state index contributed by atoms with van der Waals surface area (Å²) in [6, 6.07) is 13.6. The lowest BCUT2D eigenvalue weighted by molar-refractivity contribution is 0.598. The normalized spacial score (nSPS) is 11.8. The minimum atomic E-state index is -3.77. The Kier molecular flexibility index (Phi) is 3.53. The zero-order chi connectivity index (χ0) is 13.0. The van der Waals surface area contributed by atoms with E-state index >= 15 is 0 Å². The molecule has 0 aliphatic rings. The highest BCUT2D eigenvalue weighted by Gasteiger charge is 2.10. The molecule has 2 aromatic rings. The molecule has 0 atom stereocenters. The van der Waals surface area contributed by atoms with Crippen LogP contribution in [0, 0.1) is 5.82 Å². The number of rotatable bonds is 3. The molecule has 0 fully saturated rings. The van der Waals surface area contributed by atoms with Crippen molar-refractivity contribution in [2.24, 2.45) is 4.40 Å². The number of hydrogen-bond acceptors (Lipinski definition) is 2. The van der Waals surface area contributed by atoms with Gasteiger partial charge in [-0.2, -0.15) is 12.8 Å². The zero-order valence-corrected chi connectivity index (χ0v) is 10.1. The van der Waals surface area contributed by atoms with E-state index < -0.39 is 15.8 Å². The van der Waals surface area contributed by atoms with Gasteiger partial charge in [0.2, 0.25) is 0 Å². The predicted octanol–water partition coefficient (Wildman–Crippen LogP) is 2.63. The Morgan fingerprint density at radius 1 is 0.944 bits per heavy atom. The number of nitrogens with zero attached hydrogens (tertiary/aromatic N) is 1. The Morgan fingerprint density at radius 3 is 2.22 bits per heavy atom. The van der Waals surface area contributed by atoms with Crippen LogP contribution in [0.15, 0.2) is 63.9 Å². The van der Waals surface area contributed by atoms with Gasteiger partial charge in [0.15, 0.2) is 0 Å². The Labute approximate surface area is 105 Å². The molecule has 0 saturated carbocycles. The summed E-state index contributed by atoms with van der Waals surface area (Å²) in [4.78, 5) is 0.0811. The van der Waals surface area contributed by atoms with Crippen molar-refractivity contribution in [2.45, 2.75) is 4.90 Å². The van der Waals surface area contributed by atoms with Crippen molar-refractivity contribution in [1.82, 2.24) is 0 Å². The molecule has 2 rings (SSSR count). The van der Waals surface area contributed by atoms with Gasteiger partial charge >= 0.3 is 0 Å². The van der Waals surface area contributed by atoms with Crippen LogP contribution in [0.2, 0.25) is 0 Å². The molecule has 92 valence electrons.